The number of esters is 2. The molecule has 21 nitrogen and oxygen atoms in total. The summed E-state index contributed by atoms with van der Waals surface area (Å²) in [6, 6.07) is -1.13. The Bertz CT molecular complexity index is 2060. The number of carbonyl (C=O) groups is 4. The first-order chi connectivity index (χ1) is 22.1. The molecule has 4 heterocycles. The molecule has 4 amide bonds. The van der Waals surface area contributed by atoms with Crippen LogP contribution in [0.1, 0.15) is 32.4 Å². The average Bonchev–Trinajstić information content (AvgIpc) is 3.67. The third kappa shape index (κ3) is 8.45. The number of sulfonamides is 2. The number of nitrogens with one attached hydrogen (secondary N) is 4. The fourth-order valence-corrected chi connectivity index (χ4v) is 7.81. The Morgan fingerprint density at radius 2 is 1.04 bits per heavy atom. The second-order valence-corrected chi connectivity index (χ2v) is 14.0. The molecule has 0 fully saturated rings. The minimum Gasteiger partial charge on any atom is -0.467 e. The van der Waals surface area contributed by atoms with Crippen LogP contribution in [-0.4, -0.2) is 85.0 Å². The molecule has 0 aliphatic rings. The van der Waals surface area contributed by atoms with Crippen molar-refractivity contribution in [3.05, 3.63) is 45.7 Å². The molecule has 0 radical (unpaired) electrons. The molecular weight excluding hydrogens is 709 g/mol. The van der Waals surface area contributed by atoms with Gasteiger partial charge < -0.3 is 14.2 Å². The molecule has 0 bridgehead atoms. The summed E-state index contributed by atoms with van der Waals surface area (Å²) in [4.78, 5) is 73.3. The van der Waals surface area contributed by atoms with Crippen molar-refractivity contribution in [3.63, 3.8) is 0 Å². The molecule has 0 spiro atoms. The molecule has 0 aliphatic carbocycles. The highest BCUT2D eigenvalue weighted by Gasteiger charge is 2.32. The lowest BCUT2D eigenvalue weighted by molar-refractivity contribution is 0.0393. The third-order valence-corrected chi connectivity index (χ3v) is 10.7. The predicted octanol–water partition coefficient (Wildman–Crippen LogP) is 0.832. The van der Waals surface area contributed by atoms with E-state index in [1.54, 1.807) is 9.44 Å². The monoisotopic (exact) mass is 728 g/mol. The van der Waals surface area contributed by atoms with Gasteiger partial charge in [0, 0.05) is 0 Å². The fraction of sp³-hybridized carbons (Fsp3) is 0.182. The smallest absolute Gasteiger partial charge is 0.348 e. The van der Waals surface area contributed by atoms with Gasteiger partial charge in [0.05, 0.1) is 25.3 Å². The van der Waals surface area contributed by atoms with Crippen LogP contribution in [0.2, 0.25) is 0 Å². The van der Waals surface area contributed by atoms with Crippen LogP contribution in [-0.2, 0) is 24.8 Å². The van der Waals surface area contributed by atoms with Crippen LogP contribution in [0.5, 0.6) is 12.0 Å². The van der Waals surface area contributed by atoms with Crippen LogP contribution < -0.4 is 29.6 Å². The summed E-state index contributed by atoms with van der Waals surface area (Å²) in [5, 5.41) is 6.51. The van der Waals surface area contributed by atoms with Gasteiger partial charge in [-0.25, -0.2) is 50.4 Å². The van der Waals surface area contributed by atoms with Crippen molar-refractivity contribution in [2.45, 2.75) is 22.3 Å². The number of hydrogen-bond donors (Lipinski definition) is 4. The van der Waals surface area contributed by atoms with Crippen molar-refractivity contribution in [2.24, 2.45) is 0 Å². The van der Waals surface area contributed by atoms with Crippen molar-refractivity contribution >= 4 is 78.6 Å². The maximum Gasteiger partial charge on any atom is 0.348 e. The van der Waals surface area contributed by atoms with E-state index in [9.17, 15) is 36.0 Å². The minimum absolute atomic E-state index is 0.237. The summed E-state index contributed by atoms with van der Waals surface area (Å²) < 4.78 is 68.0. The molecule has 25 heteroatoms. The molecule has 4 rings (SSSR count). The van der Waals surface area contributed by atoms with E-state index < -0.39 is 69.5 Å². The fourth-order valence-electron chi connectivity index (χ4n) is 3.34. The van der Waals surface area contributed by atoms with E-state index in [0.29, 0.717) is 22.7 Å². The van der Waals surface area contributed by atoms with Gasteiger partial charge in [-0.05, 0) is 36.7 Å². The summed E-state index contributed by atoms with van der Waals surface area (Å²) in [6.07, 6.45) is 0. The van der Waals surface area contributed by atoms with E-state index in [0.717, 1.165) is 17.5 Å². The van der Waals surface area contributed by atoms with Gasteiger partial charge in [0.15, 0.2) is 8.42 Å². The standard InChI is InChI=1S/C22H20N10O11S4/c1-9-23-10(2)25-17(24-9)26-19(35)31-46(37,38)15-11(5-7-44-15)13(33)43-14(34)12-6-8-45-16(12)47(39,40)32-20(36)27-18-28-21(41-3)30-22(29-18)42-4/h5-8H,1-4H3,(H2,23,24,25,26,31,35)(H2,27,28,29,30,32,36). The molecule has 0 unspecified atom stereocenters. The van der Waals surface area contributed by atoms with Crippen LogP contribution >= 0.6 is 22.7 Å². The van der Waals surface area contributed by atoms with Crippen molar-refractivity contribution < 1.29 is 50.2 Å². The summed E-state index contributed by atoms with van der Waals surface area (Å²) in [7, 11) is -7.02. The van der Waals surface area contributed by atoms with Crippen molar-refractivity contribution in [2.75, 3.05) is 24.9 Å². The number of aromatic nitrogens is 6. The first kappa shape index (κ1) is 34.5. The summed E-state index contributed by atoms with van der Waals surface area (Å²) >= 11 is 1.02. The number of urea groups is 2. The molecule has 0 saturated carbocycles. The number of thiophene rings is 2. The lowest BCUT2D eigenvalue weighted by Crippen LogP contribution is -2.35. The van der Waals surface area contributed by atoms with Gasteiger partial charge >= 0.3 is 36.0 Å². The normalized spacial score (nSPS) is 11.2. The van der Waals surface area contributed by atoms with Gasteiger partial charge in [0.2, 0.25) is 11.9 Å². The number of carbonyl (C=O) groups excluding carboxylic acids is 4. The average molecular weight is 729 g/mol. The number of amides is 4. The van der Waals surface area contributed by atoms with E-state index in [1.807, 2.05) is 5.32 Å². The second-order valence-electron chi connectivity index (χ2n) is 8.43. The Morgan fingerprint density at radius 1 is 0.638 bits per heavy atom. The molecule has 0 saturated heterocycles. The van der Waals surface area contributed by atoms with Crippen LogP contribution in [0.15, 0.2) is 31.3 Å². The topological polar surface area (TPSA) is 290 Å². The van der Waals surface area contributed by atoms with Crippen LogP contribution in [0.3, 0.4) is 0 Å². The number of aryl methyl sites for hydroxylation is 2. The molecular formula is C22H20N10O11S4. The van der Waals surface area contributed by atoms with Gasteiger partial charge in [-0.15, -0.1) is 27.7 Å². The SMILES string of the molecule is COc1nc(NC(=O)NS(=O)(=O)c2sccc2C(=O)OC(=O)c2ccsc2S(=O)(=O)NC(=O)Nc2nc(C)nc(C)n2)nc(OC)n1. The molecule has 4 aromatic heterocycles. The lowest BCUT2D eigenvalue weighted by Gasteiger charge is -2.10. The summed E-state index contributed by atoms with van der Waals surface area (Å²) in [5.74, 6) is -3.15. The van der Waals surface area contributed by atoms with Crippen molar-refractivity contribution in [1.82, 2.24) is 39.3 Å². The van der Waals surface area contributed by atoms with Gasteiger partial charge in [0.25, 0.3) is 20.0 Å². The molecule has 4 N–H and O–H groups in total. The van der Waals surface area contributed by atoms with Gasteiger partial charge in [-0.3, -0.25) is 10.6 Å². The number of hydrogen-bond acceptors (Lipinski definition) is 19. The Kier molecular flexibility index (Phi) is 10.2. The third-order valence-electron chi connectivity index (χ3n) is 5.10. The maximum absolute atomic E-state index is 12.9. The van der Waals surface area contributed by atoms with Crippen LogP contribution in [0.25, 0.3) is 0 Å². The van der Waals surface area contributed by atoms with Crippen molar-refractivity contribution in [3.8, 4) is 12.0 Å². The Balaban J connectivity index is 1.45. The number of methoxy groups -OCH3 is 2. The zero-order chi connectivity index (χ0) is 34.5. The molecule has 0 aliphatic heterocycles. The van der Waals surface area contributed by atoms with Gasteiger partial charge in [0.1, 0.15) is 11.6 Å². The van der Waals surface area contributed by atoms with E-state index in [2.05, 4.69) is 35.2 Å². The van der Waals surface area contributed by atoms with Gasteiger partial charge in [-0.2, -0.15) is 19.9 Å². The van der Waals surface area contributed by atoms with Crippen molar-refractivity contribution in [1.29, 1.82) is 0 Å². The van der Waals surface area contributed by atoms with E-state index >= 15 is 0 Å². The number of nitrogens with zero attached hydrogens (tertiary/aromatic N) is 6. The Morgan fingerprint density at radius 3 is 1.45 bits per heavy atom. The summed E-state index contributed by atoms with van der Waals surface area (Å²) in [5.41, 5.74) is -1.30. The molecule has 0 atom stereocenters. The first-order valence-electron chi connectivity index (χ1n) is 12.2. The van der Waals surface area contributed by atoms with Gasteiger partial charge in [-0.1, -0.05) is 0 Å². The molecule has 0 aromatic carbocycles. The number of anilines is 2. The zero-order valence-corrected chi connectivity index (χ0v) is 27.4. The highest BCUT2D eigenvalue weighted by Crippen LogP contribution is 2.27. The number of ether oxygens (including phenoxy) is 3. The maximum atomic E-state index is 12.9. The Labute approximate surface area is 272 Å². The van der Waals surface area contributed by atoms with E-state index in [-0.39, 0.29) is 29.6 Å². The Hall–Kier alpha value is -5.40. The minimum atomic E-state index is -4.76. The predicted molar refractivity (Wildman–Crippen MR) is 159 cm³/mol. The first-order valence-corrected chi connectivity index (χ1v) is 17.0. The molecule has 47 heavy (non-hydrogen) atoms. The van der Waals surface area contributed by atoms with Crippen LogP contribution in [0, 0.1) is 13.8 Å². The largest absolute Gasteiger partial charge is 0.467 e. The zero-order valence-electron chi connectivity index (χ0n) is 24.1. The van der Waals surface area contributed by atoms with E-state index in [1.165, 1.54) is 33.4 Å². The highest BCUT2D eigenvalue weighted by molar-refractivity contribution is 7.92. The summed E-state index contributed by atoms with van der Waals surface area (Å²) in [6.45, 7) is 3.05. The second kappa shape index (κ2) is 13.9. The molecule has 248 valence electrons. The highest BCUT2D eigenvalue weighted by atomic mass is 32.3. The molecule has 4 aromatic rings. The van der Waals surface area contributed by atoms with Crippen LogP contribution in [0.4, 0.5) is 21.5 Å². The number of rotatable bonds is 10. The van der Waals surface area contributed by atoms with E-state index in [4.69, 9.17) is 14.2 Å². The quantitative estimate of drug-likeness (QED) is 0.130. The lowest BCUT2D eigenvalue weighted by atomic mass is 10.3.